The van der Waals surface area contributed by atoms with Gasteiger partial charge in [0.05, 0.1) is 11.7 Å². The van der Waals surface area contributed by atoms with Crippen LogP contribution in [-0.4, -0.2) is 45.2 Å². The molecular formula is C22H25N5O. The summed E-state index contributed by atoms with van der Waals surface area (Å²) >= 11 is 0. The maximum absolute atomic E-state index is 13.4. The molecular weight excluding hydrogens is 350 g/mol. The van der Waals surface area contributed by atoms with E-state index in [1.807, 2.05) is 30.0 Å². The zero-order valence-corrected chi connectivity index (χ0v) is 16.3. The van der Waals surface area contributed by atoms with Gasteiger partial charge in [0, 0.05) is 25.2 Å². The summed E-state index contributed by atoms with van der Waals surface area (Å²) in [5, 5.41) is 7.59. The summed E-state index contributed by atoms with van der Waals surface area (Å²) in [6.07, 6.45) is 4.18. The third-order valence-corrected chi connectivity index (χ3v) is 5.40. The average molecular weight is 375 g/mol. The molecule has 1 saturated heterocycles. The number of aryl methyl sites for hydroxylation is 2. The first-order valence-electron chi connectivity index (χ1n) is 9.73. The molecule has 28 heavy (non-hydrogen) atoms. The minimum atomic E-state index is 0.0431. The monoisotopic (exact) mass is 375 g/mol. The second-order valence-corrected chi connectivity index (χ2v) is 7.15. The predicted octanol–water partition coefficient (Wildman–Crippen LogP) is 2.92. The predicted molar refractivity (Wildman–Crippen MR) is 109 cm³/mol. The summed E-state index contributed by atoms with van der Waals surface area (Å²) in [5.41, 5.74) is 5.07. The Morgan fingerprint density at radius 3 is 2.71 bits per heavy atom. The Morgan fingerprint density at radius 2 is 2.04 bits per heavy atom. The van der Waals surface area contributed by atoms with Gasteiger partial charge in [-0.05, 0) is 48.2 Å². The number of aromatic nitrogens is 3. The molecule has 144 valence electrons. The van der Waals surface area contributed by atoms with Gasteiger partial charge in [0.25, 0.3) is 5.91 Å². The van der Waals surface area contributed by atoms with E-state index in [2.05, 4.69) is 46.6 Å². The van der Waals surface area contributed by atoms with E-state index < -0.39 is 0 Å². The van der Waals surface area contributed by atoms with Gasteiger partial charge in [-0.25, -0.2) is 9.67 Å². The fourth-order valence-electron chi connectivity index (χ4n) is 3.75. The van der Waals surface area contributed by atoms with Gasteiger partial charge in [0.2, 0.25) is 0 Å². The minimum Gasteiger partial charge on any atom is -0.329 e. The molecule has 6 nitrogen and oxygen atoms in total. The fourth-order valence-corrected chi connectivity index (χ4v) is 3.75. The summed E-state index contributed by atoms with van der Waals surface area (Å²) in [7, 11) is 0. The van der Waals surface area contributed by atoms with Crippen molar-refractivity contribution >= 4 is 5.91 Å². The van der Waals surface area contributed by atoms with Crippen LogP contribution >= 0.6 is 0 Å². The van der Waals surface area contributed by atoms with Crippen molar-refractivity contribution in [2.75, 3.05) is 19.6 Å². The van der Waals surface area contributed by atoms with Crippen LogP contribution in [0.3, 0.4) is 0 Å². The maximum atomic E-state index is 13.4. The first-order chi connectivity index (χ1) is 13.7. The molecule has 2 heterocycles. The summed E-state index contributed by atoms with van der Waals surface area (Å²) in [6.45, 7) is 6.40. The van der Waals surface area contributed by atoms with Crippen molar-refractivity contribution in [1.82, 2.24) is 25.0 Å². The van der Waals surface area contributed by atoms with Crippen molar-refractivity contribution in [1.29, 1.82) is 0 Å². The lowest BCUT2D eigenvalue weighted by atomic mass is 9.99. The molecule has 4 rings (SSSR count). The van der Waals surface area contributed by atoms with Crippen LogP contribution in [0.5, 0.6) is 0 Å². The number of nitrogens with zero attached hydrogens (tertiary/aromatic N) is 4. The molecule has 0 aliphatic carbocycles. The zero-order chi connectivity index (χ0) is 19.5. The number of rotatable bonds is 4. The maximum Gasteiger partial charge on any atom is 0.254 e. The van der Waals surface area contributed by atoms with Crippen molar-refractivity contribution in [3.63, 3.8) is 0 Å². The van der Waals surface area contributed by atoms with E-state index in [0.717, 1.165) is 36.3 Å². The van der Waals surface area contributed by atoms with E-state index in [1.54, 1.807) is 11.0 Å². The van der Waals surface area contributed by atoms with Crippen molar-refractivity contribution in [2.24, 2.45) is 0 Å². The van der Waals surface area contributed by atoms with Crippen LogP contribution in [0.4, 0.5) is 0 Å². The number of amides is 1. The third-order valence-electron chi connectivity index (χ3n) is 5.40. The van der Waals surface area contributed by atoms with Crippen molar-refractivity contribution in [3.05, 3.63) is 77.4 Å². The molecule has 0 spiro atoms. The molecule has 1 fully saturated rings. The highest BCUT2D eigenvalue weighted by molar-refractivity contribution is 5.96. The van der Waals surface area contributed by atoms with E-state index in [4.69, 9.17) is 0 Å². The molecule has 3 aromatic rings. The smallest absolute Gasteiger partial charge is 0.254 e. The van der Waals surface area contributed by atoms with Crippen molar-refractivity contribution < 1.29 is 4.79 Å². The molecule has 2 aromatic carbocycles. The van der Waals surface area contributed by atoms with Crippen LogP contribution in [0.25, 0.3) is 5.69 Å². The number of piperazine rings is 1. The van der Waals surface area contributed by atoms with Crippen LogP contribution in [0.1, 0.15) is 40.0 Å². The topological polar surface area (TPSA) is 63.1 Å². The molecule has 1 unspecified atom stereocenters. The first-order valence-corrected chi connectivity index (χ1v) is 9.73. The lowest BCUT2D eigenvalue weighted by Crippen LogP contribution is -2.48. The first kappa shape index (κ1) is 18.4. The summed E-state index contributed by atoms with van der Waals surface area (Å²) in [5.74, 6) is 0.0775. The van der Waals surface area contributed by atoms with Crippen LogP contribution in [-0.2, 0) is 6.42 Å². The van der Waals surface area contributed by atoms with Crippen molar-refractivity contribution in [3.8, 4) is 5.69 Å². The number of carbonyl (C=O) groups is 1. The molecule has 0 radical (unpaired) electrons. The zero-order valence-electron chi connectivity index (χ0n) is 16.3. The van der Waals surface area contributed by atoms with Gasteiger partial charge in [-0.1, -0.05) is 31.2 Å². The summed E-state index contributed by atoms with van der Waals surface area (Å²) in [6, 6.07) is 14.5. The molecule has 1 atom stereocenters. The highest BCUT2D eigenvalue weighted by atomic mass is 16.2. The number of nitrogens with one attached hydrogen (secondary N) is 1. The molecule has 1 aliphatic rings. The Kier molecular flexibility index (Phi) is 5.21. The highest BCUT2D eigenvalue weighted by Crippen LogP contribution is 2.26. The fraction of sp³-hybridized carbons (Fsp3) is 0.318. The number of hydrogen-bond donors (Lipinski definition) is 1. The van der Waals surface area contributed by atoms with E-state index in [1.165, 1.54) is 17.5 Å². The third kappa shape index (κ3) is 3.55. The Balaban J connectivity index is 1.61. The molecule has 0 saturated carbocycles. The van der Waals surface area contributed by atoms with Gasteiger partial charge in [0.15, 0.2) is 0 Å². The largest absolute Gasteiger partial charge is 0.329 e. The second kappa shape index (κ2) is 7.94. The molecule has 1 aromatic heterocycles. The lowest BCUT2D eigenvalue weighted by molar-refractivity contribution is 0.0633. The second-order valence-electron chi connectivity index (χ2n) is 7.15. The van der Waals surface area contributed by atoms with E-state index in [0.29, 0.717) is 6.54 Å². The summed E-state index contributed by atoms with van der Waals surface area (Å²) < 4.78 is 1.70. The number of carbonyl (C=O) groups excluding carboxylic acids is 1. The van der Waals surface area contributed by atoms with Gasteiger partial charge >= 0.3 is 0 Å². The standard InChI is InChI=1S/C22H25N5O/c1-3-17-4-6-18(7-5-17)21-13-23-10-11-26(21)22(28)20-9-8-19(12-16(20)2)27-15-24-14-25-27/h4-9,12,14-15,21,23H,3,10-11,13H2,1-2H3. The molecule has 1 N–H and O–H groups in total. The Labute approximate surface area is 165 Å². The van der Waals surface area contributed by atoms with E-state index >= 15 is 0 Å². The van der Waals surface area contributed by atoms with Gasteiger partial charge < -0.3 is 10.2 Å². The molecule has 0 bridgehead atoms. The van der Waals surface area contributed by atoms with E-state index in [9.17, 15) is 4.79 Å². The van der Waals surface area contributed by atoms with Gasteiger partial charge in [0.1, 0.15) is 12.7 Å². The molecule has 6 heteroatoms. The highest BCUT2D eigenvalue weighted by Gasteiger charge is 2.29. The lowest BCUT2D eigenvalue weighted by Gasteiger charge is -2.37. The normalized spacial score (nSPS) is 16.9. The Hall–Kier alpha value is -2.99. The van der Waals surface area contributed by atoms with Gasteiger partial charge in [-0.15, -0.1) is 0 Å². The average Bonchev–Trinajstić information content (AvgIpc) is 3.28. The Bertz CT molecular complexity index is 950. The SMILES string of the molecule is CCc1ccc(C2CNCCN2C(=O)c2ccc(-n3cncn3)cc2C)cc1. The van der Waals surface area contributed by atoms with Gasteiger partial charge in [-0.2, -0.15) is 5.10 Å². The quantitative estimate of drug-likeness (QED) is 0.762. The molecule has 1 amide bonds. The van der Waals surface area contributed by atoms with Crippen LogP contribution in [0.2, 0.25) is 0 Å². The molecule has 1 aliphatic heterocycles. The number of benzene rings is 2. The van der Waals surface area contributed by atoms with Gasteiger partial charge in [-0.3, -0.25) is 4.79 Å². The van der Waals surface area contributed by atoms with Crippen molar-refractivity contribution in [2.45, 2.75) is 26.3 Å². The van der Waals surface area contributed by atoms with Crippen LogP contribution in [0.15, 0.2) is 55.1 Å². The van der Waals surface area contributed by atoms with Crippen LogP contribution in [0, 0.1) is 6.92 Å². The van der Waals surface area contributed by atoms with Crippen LogP contribution < -0.4 is 5.32 Å². The minimum absolute atomic E-state index is 0.0431. The number of hydrogen-bond acceptors (Lipinski definition) is 4. The summed E-state index contributed by atoms with van der Waals surface area (Å²) in [4.78, 5) is 19.4. The van der Waals surface area contributed by atoms with E-state index in [-0.39, 0.29) is 11.9 Å². The Morgan fingerprint density at radius 1 is 1.21 bits per heavy atom.